The van der Waals surface area contributed by atoms with Crippen LogP contribution in [0.2, 0.25) is 0 Å². The van der Waals surface area contributed by atoms with Crippen LogP contribution in [0.1, 0.15) is 15.6 Å². The lowest BCUT2D eigenvalue weighted by molar-refractivity contribution is 0.0341. The van der Waals surface area contributed by atoms with Crippen molar-refractivity contribution in [2.45, 2.75) is 13.5 Å². The maximum atomic E-state index is 8.82. The van der Waals surface area contributed by atoms with Crippen LogP contribution in [0.5, 0.6) is 0 Å². The molecule has 0 amide bonds. The first-order chi connectivity index (χ1) is 7.29. The standard InChI is InChI=1S/C10H13N3OS/c1-8-9(6-11)15-10(12-8)7-13-2-4-14-5-3-13/h2-5,7H2,1H3. The molecule has 1 fully saturated rings. The van der Waals surface area contributed by atoms with E-state index >= 15 is 0 Å². The molecule has 15 heavy (non-hydrogen) atoms. The van der Waals surface area contributed by atoms with Crippen molar-refractivity contribution >= 4 is 11.3 Å². The molecule has 2 heterocycles. The van der Waals surface area contributed by atoms with Crippen molar-refractivity contribution in [3.8, 4) is 6.07 Å². The maximum Gasteiger partial charge on any atom is 0.127 e. The van der Waals surface area contributed by atoms with Gasteiger partial charge in [-0.05, 0) is 6.92 Å². The van der Waals surface area contributed by atoms with E-state index in [4.69, 9.17) is 10.00 Å². The Hall–Kier alpha value is -0.960. The summed E-state index contributed by atoms with van der Waals surface area (Å²) < 4.78 is 5.28. The highest BCUT2D eigenvalue weighted by molar-refractivity contribution is 7.12. The summed E-state index contributed by atoms with van der Waals surface area (Å²) in [6.45, 7) is 6.25. The fourth-order valence-electron chi connectivity index (χ4n) is 1.57. The molecule has 0 atom stereocenters. The van der Waals surface area contributed by atoms with Gasteiger partial charge in [-0.2, -0.15) is 5.26 Å². The third-order valence-corrected chi connectivity index (χ3v) is 3.45. The number of aromatic nitrogens is 1. The van der Waals surface area contributed by atoms with Crippen LogP contribution in [0.25, 0.3) is 0 Å². The number of thiazole rings is 1. The molecular formula is C10H13N3OS. The van der Waals surface area contributed by atoms with Gasteiger partial charge in [-0.1, -0.05) is 0 Å². The van der Waals surface area contributed by atoms with Crippen LogP contribution < -0.4 is 0 Å². The fraction of sp³-hybridized carbons (Fsp3) is 0.600. The topological polar surface area (TPSA) is 49.2 Å². The van der Waals surface area contributed by atoms with Crippen LogP contribution in [0.15, 0.2) is 0 Å². The Labute approximate surface area is 93.1 Å². The summed E-state index contributed by atoms with van der Waals surface area (Å²) in [6.07, 6.45) is 0. The van der Waals surface area contributed by atoms with Crippen molar-refractivity contribution in [2.75, 3.05) is 26.3 Å². The van der Waals surface area contributed by atoms with Gasteiger partial charge in [0.15, 0.2) is 0 Å². The summed E-state index contributed by atoms with van der Waals surface area (Å²) in [7, 11) is 0. The van der Waals surface area contributed by atoms with Crippen LogP contribution in [0, 0.1) is 18.3 Å². The van der Waals surface area contributed by atoms with Crippen LogP contribution in [0.3, 0.4) is 0 Å². The van der Waals surface area contributed by atoms with Crippen molar-refractivity contribution in [2.24, 2.45) is 0 Å². The highest BCUT2D eigenvalue weighted by Crippen LogP contribution is 2.18. The van der Waals surface area contributed by atoms with E-state index in [0.717, 1.165) is 48.4 Å². The summed E-state index contributed by atoms with van der Waals surface area (Å²) >= 11 is 1.50. The predicted molar refractivity (Wildman–Crippen MR) is 57.7 cm³/mol. The molecule has 0 unspecified atom stereocenters. The molecule has 0 aromatic carbocycles. The van der Waals surface area contributed by atoms with Gasteiger partial charge in [-0.3, -0.25) is 4.90 Å². The van der Waals surface area contributed by atoms with E-state index in [1.165, 1.54) is 11.3 Å². The Bertz CT molecular complexity index is 377. The minimum atomic E-state index is 0.734. The van der Waals surface area contributed by atoms with Gasteiger partial charge in [0.2, 0.25) is 0 Å². The lowest BCUT2D eigenvalue weighted by atomic mass is 10.4. The van der Waals surface area contributed by atoms with E-state index < -0.39 is 0 Å². The number of ether oxygens (including phenoxy) is 1. The largest absolute Gasteiger partial charge is 0.379 e. The molecule has 2 rings (SSSR count). The first-order valence-corrected chi connectivity index (χ1v) is 5.78. The minimum absolute atomic E-state index is 0.734. The first-order valence-electron chi connectivity index (χ1n) is 4.96. The number of morpholine rings is 1. The molecule has 1 aliphatic rings. The van der Waals surface area contributed by atoms with Gasteiger partial charge in [0, 0.05) is 13.1 Å². The van der Waals surface area contributed by atoms with E-state index in [2.05, 4.69) is 16.0 Å². The van der Waals surface area contributed by atoms with Crippen molar-refractivity contribution in [3.05, 3.63) is 15.6 Å². The van der Waals surface area contributed by atoms with Crippen molar-refractivity contribution in [3.63, 3.8) is 0 Å². The minimum Gasteiger partial charge on any atom is -0.379 e. The molecule has 1 aromatic rings. The molecule has 5 heteroatoms. The highest BCUT2D eigenvalue weighted by Gasteiger charge is 2.14. The number of hydrogen-bond donors (Lipinski definition) is 0. The van der Waals surface area contributed by atoms with Gasteiger partial charge in [0.1, 0.15) is 16.0 Å². The Morgan fingerprint density at radius 3 is 2.87 bits per heavy atom. The Balaban J connectivity index is 2.01. The highest BCUT2D eigenvalue weighted by atomic mass is 32.1. The summed E-state index contributed by atoms with van der Waals surface area (Å²) in [6, 6.07) is 2.17. The monoisotopic (exact) mass is 223 g/mol. The zero-order valence-corrected chi connectivity index (χ0v) is 9.51. The SMILES string of the molecule is Cc1nc(CN2CCOCC2)sc1C#N. The lowest BCUT2D eigenvalue weighted by Crippen LogP contribution is -2.35. The Kier molecular flexibility index (Phi) is 3.31. The molecular weight excluding hydrogens is 210 g/mol. The van der Waals surface area contributed by atoms with E-state index in [1.807, 2.05) is 6.92 Å². The molecule has 0 radical (unpaired) electrons. The van der Waals surface area contributed by atoms with Gasteiger partial charge in [0.25, 0.3) is 0 Å². The summed E-state index contributed by atoms with van der Waals surface area (Å²) in [5, 5.41) is 9.86. The molecule has 1 aromatic heterocycles. The van der Waals surface area contributed by atoms with Gasteiger partial charge < -0.3 is 4.74 Å². The normalized spacial score (nSPS) is 17.6. The van der Waals surface area contributed by atoms with Gasteiger partial charge in [-0.25, -0.2) is 4.98 Å². The second-order valence-electron chi connectivity index (χ2n) is 3.52. The first kappa shape index (κ1) is 10.6. The summed E-state index contributed by atoms with van der Waals surface area (Å²) in [4.78, 5) is 7.43. The quantitative estimate of drug-likeness (QED) is 0.754. The van der Waals surface area contributed by atoms with E-state index in [1.54, 1.807) is 0 Å². The zero-order chi connectivity index (χ0) is 10.7. The predicted octanol–water partition coefficient (Wildman–Crippen LogP) is 1.16. The molecule has 0 N–H and O–H groups in total. The average molecular weight is 223 g/mol. The molecule has 80 valence electrons. The molecule has 1 aliphatic heterocycles. The second-order valence-corrected chi connectivity index (χ2v) is 4.61. The second kappa shape index (κ2) is 4.71. The number of nitriles is 1. The van der Waals surface area contributed by atoms with E-state index in [0.29, 0.717) is 0 Å². The van der Waals surface area contributed by atoms with Gasteiger partial charge in [0.05, 0.1) is 25.5 Å². The number of rotatable bonds is 2. The zero-order valence-electron chi connectivity index (χ0n) is 8.69. The average Bonchev–Trinajstić information content (AvgIpc) is 2.60. The number of nitrogens with zero attached hydrogens (tertiary/aromatic N) is 3. The third-order valence-electron chi connectivity index (χ3n) is 2.41. The number of hydrogen-bond acceptors (Lipinski definition) is 5. The van der Waals surface area contributed by atoms with Crippen molar-refractivity contribution in [1.29, 1.82) is 5.26 Å². The molecule has 0 spiro atoms. The Morgan fingerprint density at radius 2 is 2.27 bits per heavy atom. The molecule has 0 saturated carbocycles. The van der Waals surface area contributed by atoms with Gasteiger partial charge in [-0.15, -0.1) is 11.3 Å². The molecule has 1 saturated heterocycles. The van der Waals surface area contributed by atoms with Gasteiger partial charge >= 0.3 is 0 Å². The fourth-order valence-corrected chi connectivity index (χ4v) is 2.48. The third kappa shape index (κ3) is 2.53. The lowest BCUT2D eigenvalue weighted by Gasteiger charge is -2.25. The summed E-state index contributed by atoms with van der Waals surface area (Å²) in [5.74, 6) is 0. The smallest absolute Gasteiger partial charge is 0.127 e. The number of aryl methyl sites for hydroxylation is 1. The molecule has 0 aliphatic carbocycles. The van der Waals surface area contributed by atoms with Crippen LogP contribution in [-0.4, -0.2) is 36.2 Å². The van der Waals surface area contributed by atoms with Crippen LogP contribution >= 0.6 is 11.3 Å². The van der Waals surface area contributed by atoms with Crippen LogP contribution in [0.4, 0.5) is 0 Å². The van der Waals surface area contributed by atoms with Crippen molar-refractivity contribution in [1.82, 2.24) is 9.88 Å². The van der Waals surface area contributed by atoms with Crippen LogP contribution in [-0.2, 0) is 11.3 Å². The Morgan fingerprint density at radius 1 is 1.53 bits per heavy atom. The molecule has 4 nitrogen and oxygen atoms in total. The molecule has 0 bridgehead atoms. The van der Waals surface area contributed by atoms with E-state index in [9.17, 15) is 0 Å². The maximum absolute atomic E-state index is 8.82. The summed E-state index contributed by atoms with van der Waals surface area (Å²) in [5.41, 5.74) is 0.853. The van der Waals surface area contributed by atoms with Crippen molar-refractivity contribution < 1.29 is 4.74 Å². The van der Waals surface area contributed by atoms with E-state index in [-0.39, 0.29) is 0 Å².